The molecule has 0 spiro atoms. The standard InChI is InChI=1S/C13H17NO3/c1-2-17-11-7-9-5-3-4-8(9)6-10(11)12(14)13(15)16/h6-7,12H,2-5,14H2,1H3,(H,15,16)/t12-/m0/s1. The minimum atomic E-state index is -1.02. The maximum Gasteiger partial charge on any atom is 0.325 e. The predicted octanol–water partition coefficient (Wildman–Crippen LogP) is 1.66. The molecule has 0 saturated carbocycles. The molecule has 1 atom stereocenters. The van der Waals surface area contributed by atoms with Crippen molar-refractivity contribution in [1.29, 1.82) is 0 Å². The molecule has 2 rings (SSSR count). The van der Waals surface area contributed by atoms with Crippen molar-refractivity contribution in [2.24, 2.45) is 5.73 Å². The highest BCUT2D eigenvalue weighted by Crippen LogP contribution is 2.32. The van der Waals surface area contributed by atoms with E-state index in [-0.39, 0.29) is 0 Å². The van der Waals surface area contributed by atoms with Gasteiger partial charge in [0.05, 0.1) is 6.61 Å². The van der Waals surface area contributed by atoms with Crippen LogP contribution in [0.15, 0.2) is 12.1 Å². The van der Waals surface area contributed by atoms with Gasteiger partial charge in [0.25, 0.3) is 0 Å². The number of ether oxygens (including phenoxy) is 1. The highest BCUT2D eigenvalue weighted by Gasteiger charge is 2.22. The zero-order valence-electron chi connectivity index (χ0n) is 9.90. The number of hydrogen-bond donors (Lipinski definition) is 2. The summed E-state index contributed by atoms with van der Waals surface area (Å²) in [5, 5.41) is 9.00. The van der Waals surface area contributed by atoms with Crippen molar-refractivity contribution in [1.82, 2.24) is 0 Å². The van der Waals surface area contributed by atoms with Crippen molar-refractivity contribution >= 4 is 5.97 Å². The van der Waals surface area contributed by atoms with Gasteiger partial charge in [-0.2, -0.15) is 0 Å². The molecule has 0 aromatic heterocycles. The summed E-state index contributed by atoms with van der Waals surface area (Å²) in [5.41, 5.74) is 8.73. The van der Waals surface area contributed by atoms with E-state index in [1.807, 2.05) is 19.1 Å². The van der Waals surface area contributed by atoms with Crippen LogP contribution in [0, 0.1) is 0 Å². The summed E-state index contributed by atoms with van der Waals surface area (Å²) in [6.45, 7) is 2.39. The van der Waals surface area contributed by atoms with E-state index < -0.39 is 12.0 Å². The van der Waals surface area contributed by atoms with Crippen LogP contribution in [0.1, 0.15) is 36.1 Å². The Balaban J connectivity index is 2.44. The first-order valence-corrected chi connectivity index (χ1v) is 5.90. The molecule has 92 valence electrons. The zero-order valence-corrected chi connectivity index (χ0v) is 9.90. The second-order valence-corrected chi connectivity index (χ2v) is 4.26. The van der Waals surface area contributed by atoms with Crippen LogP contribution in [0.25, 0.3) is 0 Å². The first-order valence-electron chi connectivity index (χ1n) is 5.90. The molecule has 0 unspecified atom stereocenters. The Hall–Kier alpha value is -1.55. The van der Waals surface area contributed by atoms with Gasteiger partial charge >= 0.3 is 5.97 Å². The summed E-state index contributed by atoms with van der Waals surface area (Å²) in [5.74, 6) is -0.410. The highest BCUT2D eigenvalue weighted by molar-refractivity contribution is 5.76. The quantitative estimate of drug-likeness (QED) is 0.832. The molecule has 0 saturated heterocycles. The van der Waals surface area contributed by atoms with E-state index in [0.717, 1.165) is 19.3 Å². The number of carbonyl (C=O) groups is 1. The number of carboxylic acid groups (broad SMARTS) is 1. The normalized spacial score (nSPS) is 15.4. The molecule has 17 heavy (non-hydrogen) atoms. The lowest BCUT2D eigenvalue weighted by Gasteiger charge is -2.15. The van der Waals surface area contributed by atoms with E-state index in [0.29, 0.717) is 17.9 Å². The lowest BCUT2D eigenvalue weighted by atomic mass is 10.00. The molecule has 0 heterocycles. The lowest BCUT2D eigenvalue weighted by Crippen LogP contribution is -2.21. The molecule has 0 aliphatic heterocycles. The third kappa shape index (κ3) is 2.26. The summed E-state index contributed by atoms with van der Waals surface area (Å²) < 4.78 is 5.49. The molecule has 0 radical (unpaired) electrons. The smallest absolute Gasteiger partial charge is 0.325 e. The first kappa shape index (κ1) is 11.9. The summed E-state index contributed by atoms with van der Waals surface area (Å²) in [4.78, 5) is 11.0. The van der Waals surface area contributed by atoms with Crippen LogP contribution >= 0.6 is 0 Å². The lowest BCUT2D eigenvalue weighted by molar-refractivity contribution is -0.138. The molecule has 1 aromatic carbocycles. The van der Waals surface area contributed by atoms with Gasteiger partial charge in [-0.25, -0.2) is 0 Å². The average Bonchev–Trinajstić information content (AvgIpc) is 2.74. The van der Waals surface area contributed by atoms with Crippen molar-refractivity contribution in [3.63, 3.8) is 0 Å². The van der Waals surface area contributed by atoms with Crippen LogP contribution in [-0.4, -0.2) is 17.7 Å². The summed E-state index contributed by atoms with van der Waals surface area (Å²) in [6.07, 6.45) is 3.16. The fourth-order valence-corrected chi connectivity index (χ4v) is 2.28. The second-order valence-electron chi connectivity index (χ2n) is 4.26. The van der Waals surface area contributed by atoms with Crippen molar-refractivity contribution in [2.45, 2.75) is 32.2 Å². The number of fused-ring (bicyclic) bond motifs is 1. The van der Waals surface area contributed by atoms with Crippen molar-refractivity contribution in [3.8, 4) is 5.75 Å². The van der Waals surface area contributed by atoms with E-state index >= 15 is 0 Å². The van der Waals surface area contributed by atoms with Gasteiger partial charge in [0.1, 0.15) is 11.8 Å². The number of aryl methyl sites for hydroxylation is 2. The van der Waals surface area contributed by atoms with E-state index in [9.17, 15) is 4.79 Å². The molecule has 0 amide bonds. The van der Waals surface area contributed by atoms with Crippen molar-refractivity contribution in [3.05, 3.63) is 28.8 Å². The number of nitrogens with two attached hydrogens (primary N) is 1. The summed E-state index contributed by atoms with van der Waals surface area (Å²) in [6, 6.07) is 2.83. The Kier molecular flexibility index (Phi) is 3.33. The highest BCUT2D eigenvalue weighted by atomic mass is 16.5. The summed E-state index contributed by atoms with van der Waals surface area (Å²) in [7, 11) is 0. The molecule has 0 fully saturated rings. The molecular weight excluding hydrogens is 218 g/mol. The van der Waals surface area contributed by atoms with Crippen LogP contribution in [0.5, 0.6) is 5.75 Å². The zero-order chi connectivity index (χ0) is 12.4. The van der Waals surface area contributed by atoms with E-state index in [2.05, 4.69) is 0 Å². The molecule has 1 aromatic rings. The van der Waals surface area contributed by atoms with Gasteiger partial charge in [0, 0.05) is 5.56 Å². The molecule has 0 bridgehead atoms. The van der Waals surface area contributed by atoms with Gasteiger partial charge in [0.2, 0.25) is 0 Å². The number of benzene rings is 1. The minimum absolute atomic E-state index is 0.512. The van der Waals surface area contributed by atoms with Crippen LogP contribution < -0.4 is 10.5 Å². The molecule has 3 N–H and O–H groups in total. The minimum Gasteiger partial charge on any atom is -0.494 e. The number of hydrogen-bond acceptors (Lipinski definition) is 3. The van der Waals surface area contributed by atoms with Gasteiger partial charge < -0.3 is 15.6 Å². The third-order valence-corrected chi connectivity index (χ3v) is 3.13. The van der Waals surface area contributed by atoms with Gasteiger partial charge in [-0.05, 0) is 49.4 Å². The van der Waals surface area contributed by atoms with Gasteiger partial charge in [-0.1, -0.05) is 0 Å². The largest absolute Gasteiger partial charge is 0.494 e. The molecule has 1 aliphatic carbocycles. The Bertz CT molecular complexity index is 443. The fraction of sp³-hybridized carbons (Fsp3) is 0.462. The monoisotopic (exact) mass is 235 g/mol. The fourth-order valence-electron chi connectivity index (χ4n) is 2.28. The number of aliphatic carboxylic acids is 1. The van der Waals surface area contributed by atoms with E-state index in [1.165, 1.54) is 11.1 Å². The number of rotatable bonds is 4. The number of carboxylic acids is 1. The molecular formula is C13H17NO3. The van der Waals surface area contributed by atoms with E-state index in [4.69, 9.17) is 15.6 Å². The average molecular weight is 235 g/mol. The van der Waals surface area contributed by atoms with Crippen LogP contribution in [0.4, 0.5) is 0 Å². The molecule has 4 nitrogen and oxygen atoms in total. The Morgan fingerprint density at radius 3 is 2.71 bits per heavy atom. The van der Waals surface area contributed by atoms with Crippen LogP contribution in [0.3, 0.4) is 0 Å². The van der Waals surface area contributed by atoms with Crippen LogP contribution in [0.2, 0.25) is 0 Å². The van der Waals surface area contributed by atoms with Crippen molar-refractivity contribution < 1.29 is 14.6 Å². The maximum absolute atomic E-state index is 11.0. The van der Waals surface area contributed by atoms with Gasteiger partial charge in [0.15, 0.2) is 0 Å². The van der Waals surface area contributed by atoms with Crippen molar-refractivity contribution in [2.75, 3.05) is 6.61 Å². The maximum atomic E-state index is 11.0. The van der Waals surface area contributed by atoms with Gasteiger partial charge in [-0.3, -0.25) is 4.79 Å². The van der Waals surface area contributed by atoms with Gasteiger partial charge in [-0.15, -0.1) is 0 Å². The Morgan fingerprint density at radius 2 is 2.12 bits per heavy atom. The molecule has 4 heteroatoms. The predicted molar refractivity (Wildman–Crippen MR) is 64.2 cm³/mol. The Morgan fingerprint density at radius 1 is 1.47 bits per heavy atom. The van der Waals surface area contributed by atoms with Crippen LogP contribution in [-0.2, 0) is 17.6 Å². The first-order chi connectivity index (χ1) is 8.13. The second kappa shape index (κ2) is 4.75. The molecule has 1 aliphatic rings. The third-order valence-electron chi connectivity index (χ3n) is 3.13. The topological polar surface area (TPSA) is 72.5 Å². The Labute approximate surface area is 100 Å². The van der Waals surface area contributed by atoms with E-state index in [1.54, 1.807) is 0 Å². The SMILES string of the molecule is CCOc1cc2c(cc1[C@H](N)C(=O)O)CCC2. The summed E-state index contributed by atoms with van der Waals surface area (Å²) >= 11 is 0.